The van der Waals surface area contributed by atoms with Gasteiger partial charge in [0, 0.05) is 0 Å². The number of rotatable bonds is 2. The molecule has 0 nitrogen and oxygen atoms in total. The molecule has 0 aromatic carbocycles. The van der Waals surface area contributed by atoms with Gasteiger partial charge in [-0.1, -0.05) is 32.6 Å². The molecule has 0 N–H and O–H groups in total. The maximum Gasteiger partial charge on any atom is -0.0297 e. The Bertz CT molecular complexity index is 143. The minimum atomic E-state index is 0.851. The first-order valence-electron chi connectivity index (χ1n) is 6.35. The molecule has 0 amide bonds. The first-order chi connectivity index (χ1) is 6.35. The van der Waals surface area contributed by atoms with E-state index in [1.807, 2.05) is 0 Å². The summed E-state index contributed by atoms with van der Waals surface area (Å²) in [4.78, 5) is 0. The van der Waals surface area contributed by atoms with Crippen LogP contribution in [0.5, 0.6) is 0 Å². The summed E-state index contributed by atoms with van der Waals surface area (Å²) in [5.41, 5.74) is 0.851. The van der Waals surface area contributed by atoms with Gasteiger partial charge in [0.05, 0.1) is 0 Å². The van der Waals surface area contributed by atoms with Gasteiger partial charge in [-0.25, -0.2) is 0 Å². The van der Waals surface area contributed by atoms with Crippen molar-refractivity contribution in [3.05, 3.63) is 0 Å². The molecule has 0 heteroatoms. The molecule has 2 aliphatic carbocycles. The van der Waals surface area contributed by atoms with E-state index in [0.717, 1.165) is 11.3 Å². The SMILES string of the molecule is CCCC1CCC2(CCCC2)CC1. The lowest BCUT2D eigenvalue weighted by Crippen LogP contribution is -2.24. The fourth-order valence-electron chi connectivity index (χ4n) is 3.61. The third kappa shape index (κ3) is 2.08. The third-order valence-corrected chi connectivity index (χ3v) is 4.53. The number of hydrogen-bond acceptors (Lipinski definition) is 0. The molecular formula is C13H24. The van der Waals surface area contributed by atoms with E-state index in [1.165, 1.54) is 25.7 Å². The Morgan fingerprint density at radius 1 is 1.00 bits per heavy atom. The van der Waals surface area contributed by atoms with Crippen molar-refractivity contribution in [1.82, 2.24) is 0 Å². The van der Waals surface area contributed by atoms with Gasteiger partial charge in [0.2, 0.25) is 0 Å². The van der Waals surface area contributed by atoms with Crippen LogP contribution in [0.25, 0.3) is 0 Å². The smallest absolute Gasteiger partial charge is 0.0297 e. The summed E-state index contributed by atoms with van der Waals surface area (Å²) in [6.45, 7) is 2.33. The first kappa shape index (κ1) is 9.55. The van der Waals surface area contributed by atoms with Crippen LogP contribution >= 0.6 is 0 Å². The topological polar surface area (TPSA) is 0 Å². The molecule has 2 rings (SSSR count). The Kier molecular flexibility index (Phi) is 2.96. The number of hydrogen-bond donors (Lipinski definition) is 0. The van der Waals surface area contributed by atoms with Crippen LogP contribution in [0, 0.1) is 11.3 Å². The van der Waals surface area contributed by atoms with Crippen LogP contribution in [0.4, 0.5) is 0 Å². The van der Waals surface area contributed by atoms with E-state index < -0.39 is 0 Å². The summed E-state index contributed by atoms with van der Waals surface area (Å²) >= 11 is 0. The Balaban J connectivity index is 1.81. The highest BCUT2D eigenvalue weighted by atomic mass is 14.4. The molecular weight excluding hydrogens is 156 g/mol. The van der Waals surface area contributed by atoms with E-state index in [1.54, 1.807) is 38.5 Å². The van der Waals surface area contributed by atoms with Gasteiger partial charge in [0.25, 0.3) is 0 Å². The highest BCUT2D eigenvalue weighted by Gasteiger charge is 2.36. The lowest BCUT2D eigenvalue weighted by atomic mass is 9.69. The Morgan fingerprint density at radius 3 is 2.15 bits per heavy atom. The van der Waals surface area contributed by atoms with Crippen molar-refractivity contribution >= 4 is 0 Å². The van der Waals surface area contributed by atoms with Crippen LogP contribution in [0.15, 0.2) is 0 Å². The van der Waals surface area contributed by atoms with E-state index >= 15 is 0 Å². The molecule has 13 heavy (non-hydrogen) atoms. The summed E-state index contributed by atoms with van der Waals surface area (Å²) in [7, 11) is 0. The third-order valence-electron chi connectivity index (χ3n) is 4.53. The molecule has 0 aromatic heterocycles. The maximum atomic E-state index is 2.33. The summed E-state index contributed by atoms with van der Waals surface area (Å²) in [6, 6.07) is 0. The van der Waals surface area contributed by atoms with Crippen molar-refractivity contribution < 1.29 is 0 Å². The Labute approximate surface area is 83.1 Å². The monoisotopic (exact) mass is 180 g/mol. The second kappa shape index (κ2) is 4.02. The largest absolute Gasteiger partial charge is 0.0654 e. The Hall–Kier alpha value is 0. The molecule has 2 saturated carbocycles. The summed E-state index contributed by atoms with van der Waals surface area (Å²) in [6.07, 6.45) is 15.3. The molecule has 0 aliphatic heterocycles. The standard InChI is InChI=1S/C13H24/c1-2-5-12-6-10-13(11-7-12)8-3-4-9-13/h12H,2-11H2,1H3. The fraction of sp³-hybridized carbons (Fsp3) is 1.00. The van der Waals surface area contributed by atoms with Gasteiger partial charge in [-0.05, 0) is 49.9 Å². The summed E-state index contributed by atoms with van der Waals surface area (Å²) in [5.74, 6) is 1.09. The minimum absolute atomic E-state index is 0.851. The van der Waals surface area contributed by atoms with Gasteiger partial charge in [0.1, 0.15) is 0 Å². The van der Waals surface area contributed by atoms with Crippen molar-refractivity contribution in [2.24, 2.45) is 11.3 Å². The van der Waals surface area contributed by atoms with Crippen LogP contribution in [-0.4, -0.2) is 0 Å². The molecule has 1 spiro atoms. The van der Waals surface area contributed by atoms with Gasteiger partial charge >= 0.3 is 0 Å². The van der Waals surface area contributed by atoms with Crippen LogP contribution in [0.2, 0.25) is 0 Å². The second-order valence-electron chi connectivity index (χ2n) is 5.44. The molecule has 76 valence electrons. The molecule has 0 radical (unpaired) electrons. The Morgan fingerprint density at radius 2 is 1.62 bits per heavy atom. The molecule has 0 aromatic rings. The maximum absolute atomic E-state index is 2.33. The van der Waals surface area contributed by atoms with E-state index in [0.29, 0.717) is 0 Å². The lowest BCUT2D eigenvalue weighted by Gasteiger charge is -2.37. The molecule has 0 saturated heterocycles. The minimum Gasteiger partial charge on any atom is -0.0654 e. The molecule has 0 atom stereocenters. The van der Waals surface area contributed by atoms with Crippen molar-refractivity contribution in [3.8, 4) is 0 Å². The quantitative estimate of drug-likeness (QED) is 0.585. The normalized spacial score (nSPS) is 28.4. The molecule has 0 unspecified atom stereocenters. The van der Waals surface area contributed by atoms with Gasteiger partial charge < -0.3 is 0 Å². The van der Waals surface area contributed by atoms with Crippen molar-refractivity contribution in [2.45, 2.75) is 71.1 Å². The predicted octanol–water partition coefficient (Wildman–Crippen LogP) is 4.54. The highest BCUT2D eigenvalue weighted by Crippen LogP contribution is 2.50. The average molecular weight is 180 g/mol. The van der Waals surface area contributed by atoms with E-state index in [9.17, 15) is 0 Å². The van der Waals surface area contributed by atoms with Crippen LogP contribution in [0.1, 0.15) is 71.1 Å². The van der Waals surface area contributed by atoms with Crippen molar-refractivity contribution in [2.75, 3.05) is 0 Å². The van der Waals surface area contributed by atoms with Crippen molar-refractivity contribution in [3.63, 3.8) is 0 Å². The average Bonchev–Trinajstić information content (AvgIpc) is 2.59. The molecule has 0 heterocycles. The predicted molar refractivity (Wildman–Crippen MR) is 57.8 cm³/mol. The van der Waals surface area contributed by atoms with Gasteiger partial charge in [-0.15, -0.1) is 0 Å². The summed E-state index contributed by atoms with van der Waals surface area (Å²) < 4.78 is 0. The van der Waals surface area contributed by atoms with Crippen LogP contribution < -0.4 is 0 Å². The molecule has 0 bridgehead atoms. The first-order valence-corrected chi connectivity index (χ1v) is 6.35. The van der Waals surface area contributed by atoms with E-state index in [-0.39, 0.29) is 0 Å². The molecule has 2 aliphatic rings. The van der Waals surface area contributed by atoms with E-state index in [2.05, 4.69) is 6.92 Å². The van der Waals surface area contributed by atoms with E-state index in [4.69, 9.17) is 0 Å². The zero-order chi connectivity index (χ0) is 9.15. The van der Waals surface area contributed by atoms with Gasteiger partial charge in [-0.2, -0.15) is 0 Å². The van der Waals surface area contributed by atoms with Crippen LogP contribution in [0.3, 0.4) is 0 Å². The summed E-state index contributed by atoms with van der Waals surface area (Å²) in [5, 5.41) is 0. The van der Waals surface area contributed by atoms with Crippen LogP contribution in [-0.2, 0) is 0 Å². The highest BCUT2D eigenvalue weighted by molar-refractivity contribution is 4.89. The lowest BCUT2D eigenvalue weighted by molar-refractivity contribution is 0.150. The zero-order valence-corrected chi connectivity index (χ0v) is 9.15. The molecule has 2 fully saturated rings. The fourth-order valence-corrected chi connectivity index (χ4v) is 3.61. The van der Waals surface area contributed by atoms with Gasteiger partial charge in [-0.3, -0.25) is 0 Å². The second-order valence-corrected chi connectivity index (χ2v) is 5.44. The van der Waals surface area contributed by atoms with Gasteiger partial charge in [0.15, 0.2) is 0 Å². The van der Waals surface area contributed by atoms with Crippen molar-refractivity contribution in [1.29, 1.82) is 0 Å². The zero-order valence-electron chi connectivity index (χ0n) is 9.15.